The number of hydrogen-bond donors (Lipinski definition) is 0. The van der Waals surface area contributed by atoms with Crippen LogP contribution >= 0.6 is 0 Å². The van der Waals surface area contributed by atoms with Crippen LogP contribution in [0.5, 0.6) is 0 Å². The molecule has 214 valence electrons. The average molecular weight is 845 g/mol. The van der Waals surface area contributed by atoms with Gasteiger partial charge < -0.3 is 44.6 Å². The van der Waals surface area contributed by atoms with Crippen LogP contribution in [0, 0.1) is 56.4 Å². The second-order valence-electron chi connectivity index (χ2n) is 8.48. The first-order valence-electron chi connectivity index (χ1n) is 11.9. The molecule has 0 N–H and O–H groups in total. The predicted molar refractivity (Wildman–Crippen MR) is 163 cm³/mol. The molecule has 0 spiro atoms. The molecule has 0 unspecified atom stereocenters. The Hall–Kier alpha value is 0.259. The Morgan fingerprint density at radius 1 is 0.486 bits per heavy atom. The van der Waals surface area contributed by atoms with E-state index in [1.54, 1.807) is 0 Å². The van der Waals surface area contributed by atoms with Crippen LogP contribution < -0.4 is 0 Å². The summed E-state index contributed by atoms with van der Waals surface area (Å²) in [5, 5.41) is 0. The van der Waals surface area contributed by atoms with Crippen molar-refractivity contribution in [3.63, 3.8) is 0 Å². The number of allylic oxidation sites excluding steroid dienone is 8. The Balaban J connectivity index is -0.0000000432. The van der Waals surface area contributed by atoms with E-state index < -0.39 is 0 Å². The fraction of sp³-hybridized carbons (Fsp3) is 0.576. The summed E-state index contributed by atoms with van der Waals surface area (Å²) in [7, 11) is 0. The Labute approximate surface area is 254 Å². The molecular formula is C33H64Ir2. The van der Waals surface area contributed by atoms with E-state index in [9.17, 15) is 0 Å². The van der Waals surface area contributed by atoms with Crippen molar-refractivity contribution >= 4 is 0 Å². The van der Waals surface area contributed by atoms with Gasteiger partial charge in [0.2, 0.25) is 0 Å². The van der Waals surface area contributed by atoms with Crippen LogP contribution in [0.25, 0.3) is 0 Å². The molecule has 4 aliphatic rings. The van der Waals surface area contributed by atoms with E-state index in [2.05, 4.69) is 62.5 Å². The van der Waals surface area contributed by atoms with E-state index in [4.69, 9.17) is 0 Å². The Morgan fingerprint density at radius 3 is 0.943 bits per heavy atom. The first-order valence-corrected chi connectivity index (χ1v) is 11.9. The molecule has 0 saturated heterocycles. The minimum absolute atomic E-state index is 0. The van der Waals surface area contributed by atoms with Crippen molar-refractivity contribution in [2.45, 2.75) is 110 Å². The van der Waals surface area contributed by atoms with Crippen LogP contribution in [0.15, 0.2) is 48.6 Å². The second kappa shape index (κ2) is 44.3. The molecule has 0 aromatic heterocycles. The monoisotopic (exact) mass is 846 g/mol. The normalized spacial score (nSPS) is 17.8. The molecule has 0 amide bonds. The fourth-order valence-electron chi connectivity index (χ4n) is 3.95. The summed E-state index contributed by atoms with van der Waals surface area (Å²) in [5.41, 5.74) is 0. The van der Waals surface area contributed by atoms with Crippen molar-refractivity contribution in [1.82, 2.24) is 0 Å². The van der Waals surface area contributed by atoms with Crippen LogP contribution in [-0.4, -0.2) is 0 Å². The van der Waals surface area contributed by atoms with Gasteiger partial charge in [0, 0.05) is 0 Å². The number of rotatable bonds is 1. The standard InChI is InChI=1S/C8H12.C7H14.C6H12.C6H8.6CH3.2Ir/c1-2-4-6-8-7-5-3-1;1-2-7-5-3-4-6-7;1-6-4-2-3-5-6;1-2-4-6-5-3-1;;;;;;;;/h1-2,7-8H,3-6H2;7H,2-6H2,1H3;6H,2-5H2,1H3;1-4H,5-6H2;6*1H3;;/q;;;;6*-1;2*+3/b2-1-,8-7?;;;;;;;;;;;. The largest absolute Gasteiger partial charge is 3.00 e. The quantitative estimate of drug-likeness (QED) is 0.182. The maximum atomic E-state index is 2.34. The minimum atomic E-state index is 0. The van der Waals surface area contributed by atoms with Crippen LogP contribution in [0.4, 0.5) is 0 Å². The molecule has 0 bridgehead atoms. The van der Waals surface area contributed by atoms with Crippen LogP contribution in [0.1, 0.15) is 110 Å². The van der Waals surface area contributed by atoms with Gasteiger partial charge in [-0.15, -0.1) is 0 Å². The van der Waals surface area contributed by atoms with E-state index >= 15 is 0 Å². The van der Waals surface area contributed by atoms with Crippen molar-refractivity contribution in [2.75, 3.05) is 0 Å². The Bertz CT molecular complexity index is 384. The summed E-state index contributed by atoms with van der Waals surface area (Å²) in [6, 6.07) is 0. The molecule has 2 saturated carbocycles. The Morgan fingerprint density at radius 2 is 0.771 bits per heavy atom. The zero-order valence-electron chi connectivity index (χ0n) is 25.0. The number of hydrogen-bond acceptors (Lipinski definition) is 0. The molecule has 0 aromatic carbocycles. The third-order valence-electron chi connectivity index (χ3n) is 5.91. The van der Waals surface area contributed by atoms with E-state index in [1.165, 1.54) is 96.3 Å². The minimum Gasteiger partial charge on any atom is -0.358 e. The van der Waals surface area contributed by atoms with Gasteiger partial charge in [-0.25, -0.2) is 0 Å². The van der Waals surface area contributed by atoms with Gasteiger partial charge in [0.25, 0.3) is 0 Å². The topological polar surface area (TPSA) is 0 Å². The third kappa shape index (κ3) is 38.9. The summed E-state index contributed by atoms with van der Waals surface area (Å²) < 4.78 is 0. The smallest absolute Gasteiger partial charge is 0.358 e. The maximum Gasteiger partial charge on any atom is 3.00 e. The predicted octanol–water partition coefficient (Wildman–Crippen LogP) is 12.0. The van der Waals surface area contributed by atoms with Crippen molar-refractivity contribution in [3.8, 4) is 0 Å². The van der Waals surface area contributed by atoms with Crippen molar-refractivity contribution in [1.29, 1.82) is 0 Å². The molecular weight excluding hydrogens is 781 g/mol. The summed E-state index contributed by atoms with van der Waals surface area (Å²) >= 11 is 0. The molecule has 4 aliphatic carbocycles. The summed E-state index contributed by atoms with van der Waals surface area (Å²) in [5.74, 6) is 2.14. The van der Waals surface area contributed by atoms with Gasteiger partial charge in [-0.05, 0) is 50.4 Å². The van der Waals surface area contributed by atoms with Gasteiger partial charge in [-0.1, -0.05) is 120 Å². The fourth-order valence-corrected chi connectivity index (χ4v) is 3.95. The van der Waals surface area contributed by atoms with Crippen LogP contribution in [0.3, 0.4) is 0 Å². The van der Waals surface area contributed by atoms with Gasteiger partial charge in [0.15, 0.2) is 0 Å². The molecule has 0 aliphatic heterocycles. The third-order valence-corrected chi connectivity index (χ3v) is 5.91. The molecule has 0 atom stereocenters. The summed E-state index contributed by atoms with van der Waals surface area (Å²) in [6.07, 6.45) is 38.4. The summed E-state index contributed by atoms with van der Waals surface area (Å²) in [6.45, 7) is 4.64. The van der Waals surface area contributed by atoms with Gasteiger partial charge in [-0.2, -0.15) is 0 Å². The van der Waals surface area contributed by atoms with Gasteiger partial charge in [0.1, 0.15) is 0 Å². The van der Waals surface area contributed by atoms with Gasteiger partial charge in [-0.3, -0.25) is 0 Å². The maximum absolute atomic E-state index is 2.34. The SMILES string of the molecule is C1=CCC/C=C\CC1.C1=CCCC=C1.CC1CCCC1.CCC1CCCC1.[CH3-].[CH3-].[CH3-].[CH3-].[CH3-].[CH3-].[Ir+3].[Ir+3]. The zero-order valence-corrected chi connectivity index (χ0v) is 29.8. The van der Waals surface area contributed by atoms with Gasteiger partial charge >= 0.3 is 40.2 Å². The van der Waals surface area contributed by atoms with Crippen LogP contribution in [0.2, 0.25) is 0 Å². The van der Waals surface area contributed by atoms with Gasteiger partial charge in [0.05, 0.1) is 0 Å². The van der Waals surface area contributed by atoms with Crippen LogP contribution in [-0.2, 0) is 40.2 Å². The second-order valence-corrected chi connectivity index (χ2v) is 8.48. The molecule has 2 heteroatoms. The molecule has 0 heterocycles. The van der Waals surface area contributed by atoms with E-state index in [-0.39, 0.29) is 84.8 Å². The van der Waals surface area contributed by atoms with E-state index in [1.807, 2.05) is 0 Å². The first-order chi connectivity index (χ1) is 13.3. The Kier molecular flexibility index (Phi) is 70.4. The molecule has 4 rings (SSSR count). The molecule has 0 nitrogen and oxygen atoms in total. The molecule has 0 radical (unpaired) electrons. The summed E-state index contributed by atoms with van der Waals surface area (Å²) in [4.78, 5) is 0. The first kappa shape index (κ1) is 55.7. The molecule has 0 aromatic rings. The zero-order chi connectivity index (χ0) is 19.4. The van der Waals surface area contributed by atoms with E-state index in [0.29, 0.717) is 0 Å². The van der Waals surface area contributed by atoms with E-state index in [0.717, 1.165) is 11.8 Å². The molecule has 2 fully saturated rings. The average Bonchev–Trinajstić information content (AvgIpc) is 3.38. The molecule has 35 heavy (non-hydrogen) atoms. The van der Waals surface area contributed by atoms with Crippen molar-refractivity contribution < 1.29 is 40.2 Å². The van der Waals surface area contributed by atoms with Crippen molar-refractivity contribution in [3.05, 3.63) is 93.2 Å². The van der Waals surface area contributed by atoms with Crippen molar-refractivity contribution in [2.24, 2.45) is 11.8 Å².